The van der Waals surface area contributed by atoms with Gasteiger partial charge in [-0.05, 0) is 27.7 Å². The molecule has 42 heavy (non-hydrogen) atoms. The third-order valence-electron chi connectivity index (χ3n) is 6.40. The fourth-order valence-corrected chi connectivity index (χ4v) is 7.14. The Hall–Kier alpha value is -2.20. The van der Waals surface area contributed by atoms with Crippen LogP contribution in [0, 0.1) is 5.41 Å². The number of carbonyl (C=O) groups is 2. The Morgan fingerprint density at radius 1 is 1.38 bits per heavy atom. The molecule has 2 aliphatic rings. The van der Waals surface area contributed by atoms with Gasteiger partial charge in [0.2, 0.25) is 11.8 Å². The number of phosphoric acid groups is 1. The predicted molar refractivity (Wildman–Crippen MR) is 154 cm³/mol. The maximum atomic E-state index is 13.3. The van der Waals surface area contributed by atoms with E-state index in [2.05, 4.69) is 20.3 Å². The lowest BCUT2D eigenvalue weighted by Gasteiger charge is -2.34. The third kappa shape index (κ3) is 7.12. The van der Waals surface area contributed by atoms with Crippen LogP contribution in [0.1, 0.15) is 47.8 Å². The summed E-state index contributed by atoms with van der Waals surface area (Å²) in [6.45, 7) is 10.6. The molecule has 0 aromatic carbocycles. The van der Waals surface area contributed by atoms with Gasteiger partial charge in [-0.3, -0.25) is 22.9 Å². The minimum Gasteiger partial charge on any atom is -0.476 e. The number of nitrogens with one attached hydrogen (secondary N) is 1. The van der Waals surface area contributed by atoms with Gasteiger partial charge >= 0.3 is 13.9 Å². The van der Waals surface area contributed by atoms with Gasteiger partial charge in [0.25, 0.3) is 0 Å². The van der Waals surface area contributed by atoms with Crippen molar-refractivity contribution in [3.63, 3.8) is 0 Å². The zero-order valence-corrected chi connectivity index (χ0v) is 26.7. The van der Waals surface area contributed by atoms with E-state index in [1.54, 1.807) is 39.2 Å². The maximum absolute atomic E-state index is 13.3. The fourth-order valence-electron chi connectivity index (χ4n) is 4.33. The first-order valence-electron chi connectivity index (χ1n) is 13.3. The van der Waals surface area contributed by atoms with Gasteiger partial charge in [-0.1, -0.05) is 25.6 Å². The van der Waals surface area contributed by atoms with Crippen LogP contribution in [-0.2, 0) is 32.4 Å². The van der Waals surface area contributed by atoms with Crippen LogP contribution in [0.5, 0.6) is 5.88 Å². The number of alkyl halides is 1. The molecule has 1 amide bonds. The number of nitrogen functional groups attached to an aromatic ring is 1. The smallest absolute Gasteiger partial charge is 0.475 e. The molecular formula is C24H36ClN6O9PS. The number of aromatic nitrogens is 4. The van der Waals surface area contributed by atoms with Crippen LogP contribution in [0.25, 0.3) is 11.2 Å². The molecule has 0 radical (unpaired) electrons. The molecule has 2 aliphatic heterocycles. The van der Waals surface area contributed by atoms with Crippen LogP contribution in [0.3, 0.4) is 0 Å². The number of amides is 1. The van der Waals surface area contributed by atoms with E-state index < -0.39 is 42.6 Å². The molecule has 15 nitrogen and oxygen atoms in total. The highest BCUT2D eigenvalue weighted by Crippen LogP contribution is 2.60. The zero-order valence-electron chi connectivity index (χ0n) is 24.2. The lowest BCUT2D eigenvalue weighted by molar-refractivity contribution is -0.117. The summed E-state index contributed by atoms with van der Waals surface area (Å²) in [6.07, 6.45) is -1.78. The molecule has 4 heterocycles. The van der Waals surface area contributed by atoms with Crippen molar-refractivity contribution in [1.29, 1.82) is 0 Å². The first-order chi connectivity index (χ1) is 19.7. The van der Waals surface area contributed by atoms with E-state index in [1.807, 2.05) is 6.92 Å². The first-order valence-corrected chi connectivity index (χ1v) is 16.2. The molecule has 0 bridgehead atoms. The van der Waals surface area contributed by atoms with Gasteiger partial charge in [0.1, 0.15) is 17.1 Å². The Morgan fingerprint density at radius 3 is 2.81 bits per heavy atom. The Kier molecular flexibility index (Phi) is 9.97. The van der Waals surface area contributed by atoms with Gasteiger partial charge in [0, 0.05) is 12.3 Å². The number of rotatable bonds is 11. The molecule has 18 heteroatoms. The number of anilines is 1. The monoisotopic (exact) mass is 650 g/mol. The lowest BCUT2D eigenvalue weighted by Crippen LogP contribution is -2.44. The molecule has 234 valence electrons. The summed E-state index contributed by atoms with van der Waals surface area (Å²) in [4.78, 5) is 35.9. The number of nitrogens with two attached hydrogens (primary N) is 1. The molecule has 3 N–H and O–H groups in total. The normalized spacial score (nSPS) is 27.7. The van der Waals surface area contributed by atoms with Gasteiger partial charge < -0.3 is 25.3 Å². The highest BCUT2D eigenvalue weighted by Gasteiger charge is 2.60. The lowest BCUT2D eigenvalue weighted by atomic mass is 9.96. The van der Waals surface area contributed by atoms with Crippen molar-refractivity contribution < 1.29 is 41.9 Å². The van der Waals surface area contributed by atoms with Gasteiger partial charge in [-0.2, -0.15) is 9.97 Å². The molecule has 2 saturated heterocycles. The Labute approximate surface area is 252 Å². The fraction of sp³-hybridized carbons (Fsp3) is 0.708. The molecule has 2 fully saturated rings. The summed E-state index contributed by atoms with van der Waals surface area (Å²) in [6, 6.07) is 0. The summed E-state index contributed by atoms with van der Waals surface area (Å²) in [5.41, 5.74) is 5.74. The van der Waals surface area contributed by atoms with Crippen molar-refractivity contribution >= 4 is 59.5 Å². The van der Waals surface area contributed by atoms with Crippen LogP contribution >= 0.6 is 31.2 Å². The Balaban J connectivity index is 1.35. The molecule has 4 rings (SSSR count). The first kappa shape index (κ1) is 32.7. The summed E-state index contributed by atoms with van der Waals surface area (Å²) in [5, 5.41) is 2.40. The molecular weight excluding hydrogens is 615 g/mol. The quantitative estimate of drug-likeness (QED) is 0.204. The summed E-state index contributed by atoms with van der Waals surface area (Å²) >= 11 is 7.95. The average molecular weight is 651 g/mol. The van der Waals surface area contributed by atoms with Crippen molar-refractivity contribution in [2.24, 2.45) is 5.41 Å². The van der Waals surface area contributed by atoms with Crippen molar-refractivity contribution in [1.82, 2.24) is 24.8 Å². The van der Waals surface area contributed by atoms with Crippen LogP contribution in [0.2, 0.25) is 0 Å². The number of hydrogen-bond donors (Lipinski definition) is 2. The Bertz CT molecular complexity index is 1360. The van der Waals surface area contributed by atoms with E-state index in [0.29, 0.717) is 17.8 Å². The van der Waals surface area contributed by atoms with E-state index >= 15 is 0 Å². The van der Waals surface area contributed by atoms with E-state index in [9.17, 15) is 14.2 Å². The number of nitrogens with zero attached hydrogens (tertiary/aromatic N) is 4. The second-order valence-electron chi connectivity index (χ2n) is 10.8. The molecule has 0 unspecified atom stereocenters. The zero-order chi connectivity index (χ0) is 30.9. The minimum atomic E-state index is -4.03. The topological polar surface area (TPSA) is 188 Å². The molecule has 5 atom stereocenters. The number of hydrogen-bond acceptors (Lipinski definition) is 14. The average Bonchev–Trinajstić information content (AvgIpc) is 3.42. The number of halogens is 1. The SMILES string of the molecule is CCOc1nc(N)nc2c1ncn2[C@@H]1O[C@@H]2CO[P@](=O)(OCCSC(=O)C(C)(C)CNC(=O)OC(C)C)O[C@H]2[C@@]1(C)Cl. The van der Waals surface area contributed by atoms with Gasteiger partial charge in [-0.15, -0.1) is 11.6 Å². The second-order valence-corrected chi connectivity index (χ2v) is 14.3. The number of thioether (sulfide) groups is 1. The molecule has 0 saturated carbocycles. The van der Waals surface area contributed by atoms with Crippen LogP contribution < -0.4 is 15.8 Å². The highest BCUT2D eigenvalue weighted by atomic mass is 35.5. The van der Waals surface area contributed by atoms with Crippen molar-refractivity contribution in [3.8, 4) is 5.88 Å². The van der Waals surface area contributed by atoms with Gasteiger partial charge in [0.15, 0.2) is 22.5 Å². The summed E-state index contributed by atoms with van der Waals surface area (Å²) in [5.74, 6) is 0.388. The second kappa shape index (κ2) is 12.8. The van der Waals surface area contributed by atoms with E-state index in [0.717, 1.165) is 11.8 Å². The number of phosphoric ester groups is 1. The van der Waals surface area contributed by atoms with Crippen molar-refractivity contribution in [3.05, 3.63) is 6.33 Å². The number of carbonyl (C=O) groups excluding carboxylic acids is 2. The highest BCUT2D eigenvalue weighted by molar-refractivity contribution is 8.13. The largest absolute Gasteiger partial charge is 0.476 e. The van der Waals surface area contributed by atoms with Crippen LogP contribution in [0.15, 0.2) is 6.33 Å². The Morgan fingerprint density at radius 2 is 2.12 bits per heavy atom. The van der Waals surface area contributed by atoms with Gasteiger partial charge in [0.05, 0.1) is 37.7 Å². The molecule has 2 aromatic heterocycles. The minimum absolute atomic E-state index is 0.0125. The summed E-state index contributed by atoms with van der Waals surface area (Å²) in [7, 11) is -4.03. The van der Waals surface area contributed by atoms with E-state index in [1.165, 1.54) is 6.33 Å². The molecule has 0 aliphatic carbocycles. The van der Waals surface area contributed by atoms with Gasteiger partial charge in [-0.25, -0.2) is 14.3 Å². The number of imidazole rings is 1. The van der Waals surface area contributed by atoms with Crippen LogP contribution in [0.4, 0.5) is 10.7 Å². The van der Waals surface area contributed by atoms with Crippen molar-refractivity contribution in [2.45, 2.75) is 71.0 Å². The number of alkyl carbamates (subject to hydrolysis) is 1. The standard InChI is InChI=1S/C24H36ClN6O9PS/c1-7-35-18-15-17(29-21(26)30-18)31(12-28-15)19-24(6,25)16-14(39-19)10-37-41(34,40-16)36-8-9-42-20(32)23(4,5)11-27-22(33)38-13(2)3/h12-14,16,19H,7-11H2,1-6H3,(H,27,33)(H2,26,29,30)/t14-,16-,19-,24-,41+/m1/s1. The van der Waals surface area contributed by atoms with Crippen molar-refractivity contribution in [2.75, 3.05) is 37.9 Å². The summed E-state index contributed by atoms with van der Waals surface area (Å²) < 4.78 is 48.4. The van der Waals surface area contributed by atoms with Crippen LogP contribution in [-0.4, -0.2) is 86.0 Å². The molecule has 0 spiro atoms. The molecule has 2 aromatic rings. The predicted octanol–water partition coefficient (Wildman–Crippen LogP) is 3.66. The number of fused-ring (bicyclic) bond motifs is 2. The van der Waals surface area contributed by atoms with E-state index in [-0.39, 0.29) is 48.6 Å². The maximum Gasteiger partial charge on any atom is 0.475 e. The third-order valence-corrected chi connectivity index (χ3v) is 9.43. The number of ether oxygens (including phenoxy) is 3. The van der Waals surface area contributed by atoms with E-state index in [4.69, 9.17) is 45.1 Å².